The van der Waals surface area contributed by atoms with E-state index in [9.17, 15) is 8.78 Å². The van der Waals surface area contributed by atoms with Crippen molar-refractivity contribution in [3.8, 4) is 17.1 Å². The molecular weight excluding hydrogens is 436 g/mol. The van der Waals surface area contributed by atoms with E-state index in [4.69, 9.17) is 9.72 Å². The predicted octanol–water partition coefficient (Wildman–Crippen LogP) is 3.44. The van der Waals surface area contributed by atoms with Gasteiger partial charge in [-0.2, -0.15) is 5.21 Å². The predicted molar refractivity (Wildman–Crippen MR) is 118 cm³/mol. The second-order valence-corrected chi connectivity index (χ2v) is 8.57. The summed E-state index contributed by atoms with van der Waals surface area (Å²) in [5.41, 5.74) is 2.66. The van der Waals surface area contributed by atoms with E-state index in [1.54, 1.807) is 29.5 Å². The van der Waals surface area contributed by atoms with Crippen molar-refractivity contribution < 1.29 is 13.5 Å². The molecule has 1 fully saturated rings. The molecule has 3 heterocycles. The van der Waals surface area contributed by atoms with Gasteiger partial charge in [0.05, 0.1) is 22.4 Å². The Labute approximate surface area is 186 Å². The Morgan fingerprint density at radius 2 is 1.94 bits per heavy atom. The normalized spacial score (nSPS) is 15.0. The van der Waals surface area contributed by atoms with Crippen LogP contribution in [0, 0.1) is 0 Å². The molecule has 0 aliphatic carbocycles. The number of nitrogens with zero attached hydrogens (tertiary/aromatic N) is 6. The summed E-state index contributed by atoms with van der Waals surface area (Å²) in [5.74, 6) is 0.849. The average molecular weight is 458 g/mol. The molecule has 0 unspecified atom stereocenters. The molecule has 0 atom stereocenters. The molecule has 0 radical (unpaired) electrons. The smallest absolute Gasteiger partial charge is 0.272 e. The first-order chi connectivity index (χ1) is 15.7. The minimum absolute atomic E-state index is 0.393. The van der Waals surface area contributed by atoms with Crippen LogP contribution in [0.2, 0.25) is 0 Å². The van der Waals surface area contributed by atoms with Gasteiger partial charge in [-0.3, -0.25) is 4.90 Å². The van der Waals surface area contributed by atoms with Gasteiger partial charge < -0.3 is 9.64 Å². The van der Waals surface area contributed by atoms with Crippen LogP contribution in [-0.2, 0) is 6.54 Å². The lowest BCUT2D eigenvalue weighted by Crippen LogP contribution is -2.46. The van der Waals surface area contributed by atoms with Crippen molar-refractivity contribution >= 4 is 27.2 Å². The van der Waals surface area contributed by atoms with Gasteiger partial charge >= 0.3 is 0 Å². The highest BCUT2D eigenvalue weighted by Crippen LogP contribution is 2.33. The molecule has 8 nitrogen and oxygen atoms in total. The van der Waals surface area contributed by atoms with Crippen LogP contribution < -0.4 is 9.64 Å². The lowest BCUT2D eigenvalue weighted by Gasteiger charge is -2.36. The molecule has 1 aliphatic heterocycles. The SMILES string of the molecule is FC(F)COc1ccc(-c2nn[nH]n2)c(N2CCN(Cc3nc4ccccc4s3)CC2)c1. The maximum Gasteiger partial charge on any atom is 0.272 e. The van der Waals surface area contributed by atoms with Crippen molar-refractivity contribution in [3.05, 3.63) is 47.5 Å². The molecule has 1 aliphatic rings. The van der Waals surface area contributed by atoms with Gasteiger partial charge in [-0.15, -0.1) is 21.5 Å². The summed E-state index contributed by atoms with van der Waals surface area (Å²) in [6.07, 6.45) is -2.53. The number of benzene rings is 2. The largest absolute Gasteiger partial charge is 0.488 e. The van der Waals surface area contributed by atoms with E-state index in [0.29, 0.717) is 11.6 Å². The number of para-hydroxylation sites is 1. The number of tetrazole rings is 1. The molecule has 0 saturated carbocycles. The Morgan fingerprint density at radius 1 is 1.09 bits per heavy atom. The summed E-state index contributed by atoms with van der Waals surface area (Å²) in [4.78, 5) is 9.32. The minimum Gasteiger partial charge on any atom is -0.488 e. The van der Waals surface area contributed by atoms with Crippen LogP contribution in [0.1, 0.15) is 5.01 Å². The van der Waals surface area contributed by atoms with Crippen molar-refractivity contribution in [2.75, 3.05) is 37.7 Å². The second kappa shape index (κ2) is 9.13. The number of fused-ring (bicyclic) bond motifs is 1. The fourth-order valence-corrected chi connectivity index (χ4v) is 4.82. The van der Waals surface area contributed by atoms with E-state index >= 15 is 0 Å². The molecule has 166 valence electrons. The standard InChI is InChI=1S/C21H21F2N7OS/c22-19(23)13-31-14-5-6-15(21-25-27-28-26-21)17(11-14)30-9-7-29(8-10-30)12-20-24-16-3-1-2-4-18(16)32-20/h1-6,11,19H,7-10,12-13H2,(H,25,26,27,28). The molecule has 1 N–H and O–H groups in total. The number of alkyl halides is 2. The highest BCUT2D eigenvalue weighted by atomic mass is 32.1. The summed E-state index contributed by atoms with van der Waals surface area (Å²) >= 11 is 1.73. The summed E-state index contributed by atoms with van der Waals surface area (Å²) in [5, 5.41) is 15.4. The highest BCUT2D eigenvalue weighted by Gasteiger charge is 2.23. The minimum atomic E-state index is -2.53. The Hall–Kier alpha value is -3.18. The van der Waals surface area contributed by atoms with Crippen molar-refractivity contribution in [2.45, 2.75) is 13.0 Å². The number of piperazine rings is 1. The van der Waals surface area contributed by atoms with Crippen LogP contribution in [-0.4, -0.2) is 69.7 Å². The van der Waals surface area contributed by atoms with Crippen molar-refractivity contribution in [1.82, 2.24) is 30.5 Å². The molecule has 1 saturated heterocycles. The van der Waals surface area contributed by atoms with Crippen LogP contribution in [0.3, 0.4) is 0 Å². The van der Waals surface area contributed by atoms with E-state index in [2.05, 4.69) is 36.5 Å². The van der Waals surface area contributed by atoms with Crippen LogP contribution in [0.5, 0.6) is 5.75 Å². The van der Waals surface area contributed by atoms with Gasteiger partial charge in [-0.1, -0.05) is 12.1 Å². The number of anilines is 1. The lowest BCUT2D eigenvalue weighted by atomic mass is 10.1. The van der Waals surface area contributed by atoms with Crippen molar-refractivity contribution in [2.24, 2.45) is 0 Å². The zero-order chi connectivity index (χ0) is 21.9. The second-order valence-electron chi connectivity index (χ2n) is 7.45. The number of H-pyrrole nitrogens is 1. The number of hydrogen-bond acceptors (Lipinski definition) is 8. The molecule has 2 aromatic heterocycles. The molecule has 4 aromatic rings. The van der Waals surface area contributed by atoms with Gasteiger partial charge in [-0.25, -0.2) is 13.8 Å². The monoisotopic (exact) mass is 457 g/mol. The third-order valence-corrected chi connectivity index (χ3v) is 6.36. The Morgan fingerprint density at radius 3 is 2.69 bits per heavy atom. The first kappa shape index (κ1) is 20.7. The first-order valence-electron chi connectivity index (χ1n) is 10.3. The third-order valence-electron chi connectivity index (χ3n) is 5.34. The Bertz CT molecular complexity index is 1140. The average Bonchev–Trinajstić information content (AvgIpc) is 3.48. The van der Waals surface area contributed by atoms with E-state index in [0.717, 1.165) is 54.5 Å². The van der Waals surface area contributed by atoms with Crippen molar-refractivity contribution in [1.29, 1.82) is 0 Å². The van der Waals surface area contributed by atoms with Gasteiger partial charge in [0.1, 0.15) is 17.4 Å². The number of thiazole rings is 1. The van der Waals surface area contributed by atoms with Crippen LogP contribution in [0.15, 0.2) is 42.5 Å². The Kier molecular flexibility index (Phi) is 5.91. The molecule has 2 aromatic carbocycles. The fraction of sp³-hybridized carbons (Fsp3) is 0.333. The number of rotatable bonds is 7. The maximum absolute atomic E-state index is 12.6. The van der Waals surface area contributed by atoms with Crippen LogP contribution in [0.25, 0.3) is 21.6 Å². The van der Waals surface area contributed by atoms with Gasteiger partial charge in [0, 0.05) is 37.8 Å². The number of nitrogens with one attached hydrogen (secondary N) is 1. The summed E-state index contributed by atoms with van der Waals surface area (Å²) in [7, 11) is 0. The number of hydrogen-bond donors (Lipinski definition) is 1. The zero-order valence-corrected chi connectivity index (χ0v) is 17.9. The lowest BCUT2D eigenvalue weighted by molar-refractivity contribution is 0.0819. The number of aromatic nitrogens is 5. The zero-order valence-electron chi connectivity index (χ0n) is 17.1. The van der Waals surface area contributed by atoms with E-state index in [1.807, 2.05) is 18.2 Å². The quantitative estimate of drug-likeness (QED) is 0.455. The number of aromatic amines is 1. The maximum atomic E-state index is 12.6. The van der Waals surface area contributed by atoms with Crippen LogP contribution in [0.4, 0.5) is 14.5 Å². The number of ether oxygens (including phenoxy) is 1. The summed E-state index contributed by atoms with van der Waals surface area (Å²) in [6, 6.07) is 13.4. The van der Waals surface area contributed by atoms with Gasteiger partial charge in [0.2, 0.25) is 5.82 Å². The van der Waals surface area contributed by atoms with Gasteiger partial charge in [0.15, 0.2) is 0 Å². The Balaban J connectivity index is 1.30. The highest BCUT2D eigenvalue weighted by molar-refractivity contribution is 7.18. The fourth-order valence-electron chi connectivity index (χ4n) is 3.81. The molecule has 0 bridgehead atoms. The molecule has 0 amide bonds. The number of halogens is 2. The van der Waals surface area contributed by atoms with E-state index in [1.165, 1.54) is 4.70 Å². The topological polar surface area (TPSA) is 83.1 Å². The van der Waals surface area contributed by atoms with Crippen LogP contribution >= 0.6 is 11.3 Å². The molecule has 0 spiro atoms. The molecule has 32 heavy (non-hydrogen) atoms. The van der Waals surface area contributed by atoms with E-state index < -0.39 is 13.0 Å². The van der Waals surface area contributed by atoms with Crippen molar-refractivity contribution in [3.63, 3.8) is 0 Å². The molecule has 11 heteroatoms. The summed E-state index contributed by atoms with van der Waals surface area (Å²) in [6.45, 7) is 3.41. The third kappa shape index (κ3) is 4.53. The first-order valence-corrected chi connectivity index (χ1v) is 11.1. The summed E-state index contributed by atoms with van der Waals surface area (Å²) < 4.78 is 31.6. The molecular formula is C21H21F2N7OS. The van der Waals surface area contributed by atoms with Gasteiger partial charge in [-0.05, 0) is 29.5 Å². The molecule has 5 rings (SSSR count). The van der Waals surface area contributed by atoms with Gasteiger partial charge in [0.25, 0.3) is 6.43 Å². The van der Waals surface area contributed by atoms with E-state index in [-0.39, 0.29) is 0 Å².